The molecular weight excluding hydrogens is 567 g/mol. The molecule has 0 saturated heterocycles. The third-order valence-corrected chi connectivity index (χ3v) is 12.0. The lowest BCUT2D eigenvalue weighted by Crippen LogP contribution is -2.33. The van der Waals surface area contributed by atoms with E-state index in [-0.39, 0.29) is 16.2 Å². The summed E-state index contributed by atoms with van der Waals surface area (Å²) >= 11 is 0. The second-order valence-corrected chi connectivity index (χ2v) is 16.4. The van der Waals surface area contributed by atoms with Crippen LogP contribution in [0.15, 0.2) is 97.1 Å². The van der Waals surface area contributed by atoms with Crippen LogP contribution in [-0.2, 0) is 29.1 Å². The molecule has 0 spiro atoms. The highest BCUT2D eigenvalue weighted by molar-refractivity contribution is 5.96. The first-order chi connectivity index (χ1) is 22.5. The van der Waals surface area contributed by atoms with Crippen molar-refractivity contribution in [3.8, 4) is 22.3 Å². The van der Waals surface area contributed by atoms with Crippen molar-refractivity contribution < 1.29 is 0 Å². The molecule has 238 valence electrons. The minimum Gasteiger partial charge on any atom is -0.309 e. The molecular formula is C46H49N. The average molecular weight is 616 g/mol. The number of aryl methyl sites for hydroxylation is 2. The molecule has 5 aromatic carbocycles. The summed E-state index contributed by atoms with van der Waals surface area (Å²) in [5.74, 6) is 0. The average Bonchev–Trinajstić information content (AvgIpc) is 3.30. The third kappa shape index (κ3) is 4.72. The molecule has 8 rings (SSSR count). The van der Waals surface area contributed by atoms with Gasteiger partial charge in [0.15, 0.2) is 0 Å². The molecule has 1 nitrogen and oxygen atoms in total. The maximum absolute atomic E-state index is 2.63. The maximum Gasteiger partial charge on any atom is 0.0543 e. The molecule has 0 amide bonds. The van der Waals surface area contributed by atoms with Gasteiger partial charge in [0.25, 0.3) is 0 Å². The van der Waals surface area contributed by atoms with Crippen LogP contribution in [0.1, 0.15) is 106 Å². The first-order valence-corrected chi connectivity index (χ1v) is 17.9. The van der Waals surface area contributed by atoms with Crippen molar-refractivity contribution in [3.05, 3.63) is 136 Å². The largest absolute Gasteiger partial charge is 0.309 e. The molecule has 0 fully saturated rings. The molecule has 3 aliphatic carbocycles. The first-order valence-electron chi connectivity index (χ1n) is 17.9. The Labute approximate surface area is 282 Å². The summed E-state index contributed by atoms with van der Waals surface area (Å²) < 4.78 is 0. The Morgan fingerprint density at radius 2 is 1.26 bits per heavy atom. The van der Waals surface area contributed by atoms with Gasteiger partial charge in [0.2, 0.25) is 0 Å². The van der Waals surface area contributed by atoms with Crippen LogP contribution >= 0.6 is 0 Å². The molecule has 0 radical (unpaired) electrons. The number of hydrogen-bond donors (Lipinski definition) is 0. The number of rotatable bonds is 4. The minimum atomic E-state index is -0.0887. The number of nitrogens with zero attached hydrogens (tertiary/aromatic N) is 1. The Bertz CT molecular complexity index is 2020. The van der Waals surface area contributed by atoms with Crippen LogP contribution in [0.3, 0.4) is 0 Å². The van der Waals surface area contributed by atoms with Crippen LogP contribution in [0.2, 0.25) is 0 Å². The van der Waals surface area contributed by atoms with E-state index in [1.165, 1.54) is 110 Å². The zero-order chi connectivity index (χ0) is 32.7. The van der Waals surface area contributed by atoms with E-state index in [0.717, 1.165) is 6.42 Å². The van der Waals surface area contributed by atoms with Crippen LogP contribution in [0.25, 0.3) is 22.3 Å². The monoisotopic (exact) mass is 615 g/mol. The highest BCUT2D eigenvalue weighted by Gasteiger charge is 2.39. The van der Waals surface area contributed by atoms with E-state index in [4.69, 9.17) is 0 Å². The number of hydrogen-bond acceptors (Lipinski definition) is 1. The van der Waals surface area contributed by atoms with Crippen LogP contribution in [0.4, 0.5) is 17.1 Å². The molecule has 3 aliphatic rings. The second-order valence-electron chi connectivity index (χ2n) is 16.4. The van der Waals surface area contributed by atoms with Crippen molar-refractivity contribution in [2.24, 2.45) is 0 Å². The molecule has 0 unspecified atom stereocenters. The molecule has 0 heterocycles. The van der Waals surface area contributed by atoms with Crippen molar-refractivity contribution in [1.82, 2.24) is 0 Å². The highest BCUT2D eigenvalue weighted by atomic mass is 15.1. The van der Waals surface area contributed by atoms with Gasteiger partial charge in [0, 0.05) is 16.7 Å². The molecule has 47 heavy (non-hydrogen) atoms. The molecule has 0 aliphatic heterocycles. The SMILES string of the molecule is Cc1ccc2c(c1N(c1ccccc1)c1cc3c(cc1-c1ccc4c(c1)C(C)(C)CCC4(C)C)-c1ccccc1C3(C)C)CCCC2. The number of fused-ring (bicyclic) bond motifs is 5. The lowest BCUT2D eigenvalue weighted by atomic mass is 9.63. The minimum absolute atomic E-state index is 0.0887. The van der Waals surface area contributed by atoms with Gasteiger partial charge in [-0.05, 0) is 136 Å². The summed E-state index contributed by atoms with van der Waals surface area (Å²) in [6.45, 7) is 16.9. The van der Waals surface area contributed by atoms with Gasteiger partial charge in [0.05, 0.1) is 11.4 Å². The number of benzene rings is 5. The van der Waals surface area contributed by atoms with Crippen molar-refractivity contribution in [1.29, 1.82) is 0 Å². The Kier molecular flexibility index (Phi) is 6.89. The Hall–Kier alpha value is -4.10. The lowest BCUT2D eigenvalue weighted by Gasteiger charge is -2.42. The predicted molar refractivity (Wildman–Crippen MR) is 201 cm³/mol. The Morgan fingerprint density at radius 3 is 2.04 bits per heavy atom. The zero-order valence-electron chi connectivity index (χ0n) is 29.4. The fraction of sp³-hybridized carbons (Fsp3) is 0.348. The van der Waals surface area contributed by atoms with Gasteiger partial charge < -0.3 is 4.90 Å². The molecule has 0 atom stereocenters. The molecule has 1 heteroatoms. The predicted octanol–water partition coefficient (Wildman–Crippen LogP) is 12.7. The van der Waals surface area contributed by atoms with Gasteiger partial charge in [-0.3, -0.25) is 0 Å². The van der Waals surface area contributed by atoms with Crippen LogP contribution in [-0.4, -0.2) is 0 Å². The molecule has 5 aromatic rings. The van der Waals surface area contributed by atoms with E-state index in [0.29, 0.717) is 0 Å². The van der Waals surface area contributed by atoms with E-state index < -0.39 is 0 Å². The van der Waals surface area contributed by atoms with Crippen molar-refractivity contribution in [2.75, 3.05) is 4.90 Å². The van der Waals surface area contributed by atoms with Crippen molar-refractivity contribution in [3.63, 3.8) is 0 Å². The zero-order valence-corrected chi connectivity index (χ0v) is 29.4. The fourth-order valence-electron chi connectivity index (χ4n) is 9.11. The van der Waals surface area contributed by atoms with Gasteiger partial charge in [-0.2, -0.15) is 0 Å². The van der Waals surface area contributed by atoms with E-state index in [9.17, 15) is 0 Å². The Balaban J connectivity index is 1.47. The van der Waals surface area contributed by atoms with Gasteiger partial charge in [-0.25, -0.2) is 0 Å². The molecule has 0 saturated carbocycles. The van der Waals surface area contributed by atoms with E-state index >= 15 is 0 Å². The fourth-order valence-corrected chi connectivity index (χ4v) is 9.11. The molecule has 0 bridgehead atoms. The van der Waals surface area contributed by atoms with E-state index in [2.05, 4.69) is 150 Å². The van der Waals surface area contributed by atoms with Crippen molar-refractivity contribution in [2.45, 2.75) is 103 Å². The quantitative estimate of drug-likeness (QED) is 0.194. The van der Waals surface area contributed by atoms with E-state index in [1.807, 2.05) is 0 Å². The number of para-hydroxylation sites is 1. The first kappa shape index (κ1) is 30.2. The third-order valence-electron chi connectivity index (χ3n) is 12.0. The van der Waals surface area contributed by atoms with Gasteiger partial charge in [-0.15, -0.1) is 0 Å². The van der Waals surface area contributed by atoms with Crippen LogP contribution < -0.4 is 4.90 Å². The summed E-state index contributed by atoms with van der Waals surface area (Å²) in [6, 6.07) is 37.5. The maximum atomic E-state index is 2.63. The highest BCUT2D eigenvalue weighted by Crippen LogP contribution is 2.55. The topological polar surface area (TPSA) is 3.24 Å². The van der Waals surface area contributed by atoms with Crippen LogP contribution in [0, 0.1) is 6.92 Å². The number of anilines is 3. The normalized spacial score (nSPS) is 18.1. The van der Waals surface area contributed by atoms with Crippen molar-refractivity contribution >= 4 is 17.1 Å². The lowest BCUT2D eigenvalue weighted by molar-refractivity contribution is 0.332. The Morgan fingerprint density at radius 1 is 0.553 bits per heavy atom. The smallest absolute Gasteiger partial charge is 0.0543 e. The summed E-state index contributed by atoms with van der Waals surface area (Å²) in [7, 11) is 0. The molecule has 0 N–H and O–H groups in total. The summed E-state index contributed by atoms with van der Waals surface area (Å²) in [4.78, 5) is 2.63. The standard InChI is InChI=1S/C46H49N/c1-30-21-22-31-15-11-12-18-34(31)43(30)47(33-16-9-8-10-17-33)42-29-40-37(35-19-13-14-20-38(35)46(40,6)7)28-36(42)32-23-24-39-41(27-32)45(4,5)26-25-44(39,2)3/h8-10,13-14,16-17,19-24,27-29H,11-12,15,18,25-26H2,1-7H3. The summed E-state index contributed by atoms with van der Waals surface area (Å²) in [5.41, 5.74) is 19.8. The van der Waals surface area contributed by atoms with Gasteiger partial charge in [0.1, 0.15) is 0 Å². The van der Waals surface area contributed by atoms with Gasteiger partial charge >= 0.3 is 0 Å². The second kappa shape index (κ2) is 10.7. The van der Waals surface area contributed by atoms with Crippen LogP contribution in [0.5, 0.6) is 0 Å². The summed E-state index contributed by atoms with van der Waals surface area (Å²) in [6.07, 6.45) is 7.26. The van der Waals surface area contributed by atoms with Gasteiger partial charge in [-0.1, -0.05) is 114 Å². The molecule has 0 aromatic heterocycles. The van der Waals surface area contributed by atoms with E-state index in [1.54, 1.807) is 0 Å². The summed E-state index contributed by atoms with van der Waals surface area (Å²) in [5, 5.41) is 0.